The standard InChI is InChI=1S/C34H45N3O7S/c1-33(2)26-12-14-34(33,31(38)19-26)23-45(40,41)37(16-17-42-3)22-32(39)36(21-24-10-11-29(43-4)30(18-24)44-5)15-13-25-20-35-28-9-7-6-8-27(25)28/h6-11,18,20,26,35H,12-17,19,21-23H2,1-5H3. The molecule has 1 heterocycles. The molecular formula is C34H45N3O7S. The Kier molecular flexibility index (Phi) is 9.62. The molecule has 0 aliphatic heterocycles. The van der Waals surface area contributed by atoms with Crippen LogP contribution >= 0.6 is 0 Å². The molecule has 244 valence electrons. The number of sulfonamides is 1. The average Bonchev–Trinajstić information content (AvgIpc) is 3.60. The van der Waals surface area contributed by atoms with Gasteiger partial charge in [-0.2, -0.15) is 4.31 Å². The van der Waals surface area contributed by atoms with Crippen molar-refractivity contribution in [2.75, 3.05) is 53.3 Å². The van der Waals surface area contributed by atoms with Gasteiger partial charge in [0.2, 0.25) is 15.9 Å². The molecule has 2 fully saturated rings. The predicted octanol–water partition coefficient (Wildman–Crippen LogP) is 4.43. The van der Waals surface area contributed by atoms with Gasteiger partial charge in [0.05, 0.1) is 33.1 Å². The summed E-state index contributed by atoms with van der Waals surface area (Å²) in [6.45, 7) is 4.45. The number of nitrogens with one attached hydrogen (secondary N) is 1. The van der Waals surface area contributed by atoms with Crippen molar-refractivity contribution in [3.05, 3.63) is 59.8 Å². The minimum atomic E-state index is -3.99. The van der Waals surface area contributed by atoms with Gasteiger partial charge in [-0.25, -0.2) is 8.42 Å². The summed E-state index contributed by atoms with van der Waals surface area (Å²) in [7, 11) is 0.633. The third-order valence-electron chi connectivity index (χ3n) is 10.3. The van der Waals surface area contributed by atoms with E-state index in [0.29, 0.717) is 37.3 Å². The first kappa shape index (κ1) is 33.0. The van der Waals surface area contributed by atoms with Crippen molar-refractivity contribution in [1.29, 1.82) is 0 Å². The molecule has 2 aliphatic rings. The lowest BCUT2D eigenvalue weighted by Crippen LogP contribution is -2.50. The summed E-state index contributed by atoms with van der Waals surface area (Å²) >= 11 is 0. The Labute approximate surface area is 266 Å². The number of Topliss-reactive ketones (excluding diaryl/α,β-unsaturated/α-hetero) is 1. The summed E-state index contributed by atoms with van der Waals surface area (Å²) in [5.74, 6) is 0.719. The molecule has 1 N–H and O–H groups in total. The number of H-pyrrole nitrogens is 1. The van der Waals surface area contributed by atoms with E-state index < -0.39 is 20.9 Å². The fraction of sp³-hybridized carbons (Fsp3) is 0.529. The van der Waals surface area contributed by atoms with E-state index in [2.05, 4.69) is 4.98 Å². The van der Waals surface area contributed by atoms with Crippen LogP contribution in [0, 0.1) is 16.7 Å². The maximum Gasteiger partial charge on any atom is 0.238 e. The topological polar surface area (TPSA) is 118 Å². The molecule has 2 aromatic carbocycles. The molecule has 2 bridgehead atoms. The summed E-state index contributed by atoms with van der Waals surface area (Å²) in [4.78, 5) is 32.3. The van der Waals surface area contributed by atoms with E-state index in [0.717, 1.165) is 28.5 Å². The molecule has 1 amide bonds. The fourth-order valence-corrected chi connectivity index (χ4v) is 9.50. The number of rotatable bonds is 15. The number of fused-ring (bicyclic) bond motifs is 3. The number of methoxy groups -OCH3 is 3. The third-order valence-corrected chi connectivity index (χ3v) is 12.3. The van der Waals surface area contributed by atoms with Crippen molar-refractivity contribution in [1.82, 2.24) is 14.2 Å². The van der Waals surface area contributed by atoms with Crippen LogP contribution in [0.4, 0.5) is 0 Å². The first-order valence-electron chi connectivity index (χ1n) is 15.5. The number of aromatic nitrogens is 1. The first-order chi connectivity index (χ1) is 21.5. The van der Waals surface area contributed by atoms with Crippen molar-refractivity contribution in [2.24, 2.45) is 16.7 Å². The lowest BCUT2D eigenvalue weighted by Gasteiger charge is -2.37. The van der Waals surface area contributed by atoms with Gasteiger partial charge in [0.15, 0.2) is 11.5 Å². The van der Waals surface area contributed by atoms with Crippen LogP contribution in [0.5, 0.6) is 11.5 Å². The highest BCUT2D eigenvalue weighted by Gasteiger charge is 2.65. The smallest absolute Gasteiger partial charge is 0.238 e. The number of amides is 1. The second-order valence-corrected chi connectivity index (χ2v) is 14.8. The highest BCUT2D eigenvalue weighted by Crippen LogP contribution is 2.64. The molecule has 2 unspecified atom stereocenters. The van der Waals surface area contributed by atoms with Crippen LogP contribution in [-0.4, -0.2) is 87.6 Å². The van der Waals surface area contributed by atoms with Gasteiger partial charge >= 0.3 is 0 Å². The number of hydrogen-bond acceptors (Lipinski definition) is 7. The number of hydrogen-bond donors (Lipinski definition) is 1. The Morgan fingerprint density at radius 2 is 1.80 bits per heavy atom. The van der Waals surface area contributed by atoms with E-state index in [4.69, 9.17) is 14.2 Å². The Balaban J connectivity index is 1.41. The number of carbonyl (C=O) groups is 2. The third kappa shape index (κ3) is 6.35. The molecule has 10 nitrogen and oxygen atoms in total. The quantitative estimate of drug-likeness (QED) is 0.261. The molecule has 11 heteroatoms. The van der Waals surface area contributed by atoms with Crippen LogP contribution in [0.15, 0.2) is 48.7 Å². The van der Waals surface area contributed by atoms with Crippen LogP contribution in [0.1, 0.15) is 44.2 Å². The molecule has 0 spiro atoms. The zero-order valence-electron chi connectivity index (χ0n) is 26.9. The molecule has 2 aliphatic carbocycles. The Morgan fingerprint density at radius 1 is 1.04 bits per heavy atom. The van der Waals surface area contributed by atoms with Gasteiger partial charge in [-0.05, 0) is 59.9 Å². The molecule has 2 atom stereocenters. The van der Waals surface area contributed by atoms with Gasteiger partial charge in [0.25, 0.3) is 0 Å². The van der Waals surface area contributed by atoms with Crippen molar-refractivity contribution in [3.63, 3.8) is 0 Å². The molecular weight excluding hydrogens is 594 g/mol. The van der Waals surface area contributed by atoms with Crippen LogP contribution < -0.4 is 9.47 Å². The zero-order valence-corrected chi connectivity index (χ0v) is 27.7. The van der Waals surface area contributed by atoms with E-state index in [1.165, 1.54) is 11.4 Å². The van der Waals surface area contributed by atoms with Crippen molar-refractivity contribution < 1.29 is 32.2 Å². The number of carbonyl (C=O) groups excluding carboxylic acids is 2. The summed E-state index contributed by atoms with van der Waals surface area (Å²) in [6, 6.07) is 13.5. The maximum absolute atomic E-state index is 14.1. The van der Waals surface area contributed by atoms with Gasteiger partial charge in [-0.1, -0.05) is 38.1 Å². The van der Waals surface area contributed by atoms with Gasteiger partial charge in [0, 0.05) is 55.7 Å². The van der Waals surface area contributed by atoms with Crippen LogP contribution in [0.2, 0.25) is 0 Å². The largest absolute Gasteiger partial charge is 0.493 e. The monoisotopic (exact) mass is 639 g/mol. The van der Waals surface area contributed by atoms with Crippen LogP contribution in [0.25, 0.3) is 10.9 Å². The lowest BCUT2D eigenvalue weighted by molar-refractivity contribution is -0.132. The Bertz CT molecular complexity index is 1650. The number of ether oxygens (including phenoxy) is 3. The van der Waals surface area contributed by atoms with Gasteiger partial charge in [-0.3, -0.25) is 9.59 Å². The summed E-state index contributed by atoms with van der Waals surface area (Å²) in [5.41, 5.74) is 1.56. The van der Waals surface area contributed by atoms with Crippen molar-refractivity contribution in [2.45, 2.75) is 46.1 Å². The molecule has 1 aromatic heterocycles. The van der Waals surface area contributed by atoms with Gasteiger partial charge in [-0.15, -0.1) is 0 Å². The second kappa shape index (κ2) is 13.1. The van der Waals surface area contributed by atoms with Crippen LogP contribution in [0.3, 0.4) is 0 Å². The molecule has 3 aromatic rings. The summed E-state index contributed by atoms with van der Waals surface area (Å²) < 4.78 is 45.5. The predicted molar refractivity (Wildman–Crippen MR) is 173 cm³/mol. The highest BCUT2D eigenvalue weighted by atomic mass is 32.2. The zero-order chi connectivity index (χ0) is 32.4. The van der Waals surface area contributed by atoms with E-state index in [1.54, 1.807) is 25.2 Å². The lowest BCUT2D eigenvalue weighted by atomic mass is 9.70. The van der Waals surface area contributed by atoms with E-state index in [-0.39, 0.29) is 49.6 Å². The minimum absolute atomic E-state index is 0.0192. The van der Waals surface area contributed by atoms with E-state index >= 15 is 0 Å². The Morgan fingerprint density at radius 3 is 2.47 bits per heavy atom. The molecule has 0 radical (unpaired) electrons. The average molecular weight is 640 g/mol. The summed E-state index contributed by atoms with van der Waals surface area (Å²) in [6.07, 6.45) is 4.35. The fourth-order valence-electron chi connectivity index (χ4n) is 7.36. The molecule has 2 saturated carbocycles. The molecule has 45 heavy (non-hydrogen) atoms. The maximum atomic E-state index is 14.1. The number of nitrogens with zero attached hydrogens (tertiary/aromatic N) is 2. The number of aromatic amines is 1. The van der Waals surface area contributed by atoms with E-state index in [1.807, 2.05) is 56.4 Å². The van der Waals surface area contributed by atoms with Crippen LogP contribution in [-0.2, 0) is 37.3 Å². The number of para-hydroxylation sites is 1. The molecule has 5 rings (SSSR count). The second-order valence-electron chi connectivity index (χ2n) is 12.9. The molecule has 0 saturated heterocycles. The van der Waals surface area contributed by atoms with Gasteiger partial charge in [0.1, 0.15) is 5.78 Å². The van der Waals surface area contributed by atoms with Gasteiger partial charge < -0.3 is 24.1 Å². The number of benzene rings is 2. The van der Waals surface area contributed by atoms with E-state index in [9.17, 15) is 18.0 Å². The van der Waals surface area contributed by atoms with Crippen molar-refractivity contribution >= 4 is 32.6 Å². The number of ketones is 1. The minimum Gasteiger partial charge on any atom is -0.493 e. The normalized spacial score (nSPS) is 20.7. The van der Waals surface area contributed by atoms with Crippen molar-refractivity contribution in [3.8, 4) is 11.5 Å². The highest BCUT2D eigenvalue weighted by molar-refractivity contribution is 7.89. The SMILES string of the molecule is COCCN(CC(=O)N(CCc1c[nH]c2ccccc12)Cc1ccc(OC)c(OC)c1)S(=O)(=O)CC12CCC(CC1=O)C2(C)C. The summed E-state index contributed by atoms with van der Waals surface area (Å²) in [5, 5.41) is 1.08. The first-order valence-corrected chi connectivity index (χ1v) is 17.1. The Hall–Kier alpha value is -3.41.